The van der Waals surface area contributed by atoms with Gasteiger partial charge in [-0.1, -0.05) is 0 Å². The first-order valence-electron chi connectivity index (χ1n) is 3.57. The molecule has 0 radical (unpaired) electrons. The molecule has 0 saturated carbocycles. The van der Waals surface area contributed by atoms with Gasteiger partial charge < -0.3 is 9.47 Å². The van der Waals surface area contributed by atoms with Crippen molar-refractivity contribution < 1.29 is 9.47 Å². The van der Waals surface area contributed by atoms with Crippen LogP contribution in [-0.4, -0.2) is 14.2 Å². The number of methoxy groups -OCH3 is 2. The molecule has 2 nitrogen and oxygen atoms in total. The summed E-state index contributed by atoms with van der Waals surface area (Å²) in [5, 5.41) is 0. The minimum atomic E-state index is 0.793. The Labute approximate surface area is 86.0 Å². The van der Waals surface area contributed by atoms with Crippen LogP contribution >= 0.6 is 22.6 Å². The fourth-order valence-corrected chi connectivity index (χ4v) is 2.02. The van der Waals surface area contributed by atoms with Gasteiger partial charge in [0, 0.05) is 0 Å². The van der Waals surface area contributed by atoms with Crippen LogP contribution < -0.4 is 9.47 Å². The van der Waals surface area contributed by atoms with Crippen LogP contribution in [0.3, 0.4) is 0 Å². The van der Waals surface area contributed by atoms with Crippen LogP contribution in [0.2, 0.25) is 0 Å². The maximum Gasteiger partial charge on any atom is 0.174 e. The lowest BCUT2D eigenvalue weighted by atomic mass is 10.2. The number of ether oxygens (including phenoxy) is 2. The van der Waals surface area contributed by atoms with E-state index in [0.717, 1.165) is 15.1 Å². The molecule has 1 aromatic carbocycles. The van der Waals surface area contributed by atoms with E-state index in [4.69, 9.17) is 9.47 Å². The van der Waals surface area contributed by atoms with E-state index in [1.165, 1.54) is 5.56 Å². The molecule has 0 atom stereocenters. The maximum atomic E-state index is 5.19. The van der Waals surface area contributed by atoms with Crippen molar-refractivity contribution in [2.75, 3.05) is 14.2 Å². The molecular weight excluding hydrogens is 267 g/mol. The Morgan fingerprint density at radius 1 is 1.17 bits per heavy atom. The molecule has 66 valence electrons. The Balaban J connectivity index is 3.24. The minimum absolute atomic E-state index is 0.793. The SMILES string of the molecule is COc1cc(C)cc(I)c1OC. The minimum Gasteiger partial charge on any atom is -0.493 e. The van der Waals surface area contributed by atoms with Crippen molar-refractivity contribution in [2.24, 2.45) is 0 Å². The zero-order valence-corrected chi connectivity index (χ0v) is 9.51. The van der Waals surface area contributed by atoms with Gasteiger partial charge in [-0.25, -0.2) is 0 Å². The van der Waals surface area contributed by atoms with Gasteiger partial charge in [0.15, 0.2) is 11.5 Å². The highest BCUT2D eigenvalue weighted by Gasteiger charge is 2.07. The lowest BCUT2D eigenvalue weighted by Gasteiger charge is -2.09. The third-order valence-corrected chi connectivity index (χ3v) is 2.38. The zero-order chi connectivity index (χ0) is 9.14. The lowest BCUT2D eigenvalue weighted by Crippen LogP contribution is -1.93. The van der Waals surface area contributed by atoms with Gasteiger partial charge in [-0.3, -0.25) is 0 Å². The second-order valence-electron chi connectivity index (χ2n) is 2.48. The quantitative estimate of drug-likeness (QED) is 0.774. The van der Waals surface area contributed by atoms with Crippen LogP contribution in [-0.2, 0) is 0 Å². The second-order valence-corrected chi connectivity index (χ2v) is 3.64. The number of hydrogen-bond donors (Lipinski definition) is 0. The van der Waals surface area contributed by atoms with Gasteiger partial charge >= 0.3 is 0 Å². The van der Waals surface area contributed by atoms with Gasteiger partial charge in [-0.2, -0.15) is 0 Å². The molecule has 0 saturated heterocycles. The molecule has 0 unspecified atom stereocenters. The van der Waals surface area contributed by atoms with E-state index in [1.807, 2.05) is 13.0 Å². The number of aryl methyl sites for hydroxylation is 1. The predicted molar refractivity (Wildman–Crippen MR) is 57.0 cm³/mol. The van der Waals surface area contributed by atoms with Crippen LogP contribution in [0.15, 0.2) is 12.1 Å². The fraction of sp³-hybridized carbons (Fsp3) is 0.333. The molecule has 3 heteroatoms. The first-order chi connectivity index (χ1) is 5.69. The summed E-state index contributed by atoms with van der Waals surface area (Å²) in [5.74, 6) is 1.60. The Bertz CT molecular complexity index is 284. The predicted octanol–water partition coefficient (Wildman–Crippen LogP) is 2.62. The van der Waals surface area contributed by atoms with Crippen LogP contribution in [0.5, 0.6) is 11.5 Å². The molecule has 0 amide bonds. The Kier molecular flexibility index (Phi) is 3.20. The van der Waals surface area contributed by atoms with E-state index < -0.39 is 0 Å². The van der Waals surface area contributed by atoms with E-state index >= 15 is 0 Å². The van der Waals surface area contributed by atoms with E-state index in [1.54, 1.807) is 14.2 Å². The van der Waals surface area contributed by atoms with Crippen molar-refractivity contribution in [1.29, 1.82) is 0 Å². The summed E-state index contributed by atoms with van der Waals surface area (Å²) >= 11 is 2.23. The van der Waals surface area contributed by atoms with Crippen LogP contribution in [0.1, 0.15) is 5.56 Å². The average molecular weight is 278 g/mol. The summed E-state index contributed by atoms with van der Waals surface area (Å²) in [6, 6.07) is 4.02. The van der Waals surface area contributed by atoms with Crippen molar-refractivity contribution in [1.82, 2.24) is 0 Å². The van der Waals surface area contributed by atoms with Gasteiger partial charge in [-0.15, -0.1) is 0 Å². The first kappa shape index (κ1) is 9.64. The summed E-state index contributed by atoms with van der Waals surface area (Å²) in [5.41, 5.74) is 1.18. The van der Waals surface area contributed by atoms with Crippen molar-refractivity contribution in [2.45, 2.75) is 6.92 Å². The zero-order valence-electron chi connectivity index (χ0n) is 7.35. The normalized spacial score (nSPS) is 9.67. The number of rotatable bonds is 2. The molecule has 1 aromatic rings. The second kappa shape index (κ2) is 3.98. The molecule has 12 heavy (non-hydrogen) atoms. The Morgan fingerprint density at radius 3 is 2.33 bits per heavy atom. The third kappa shape index (κ3) is 1.83. The maximum absolute atomic E-state index is 5.19. The summed E-state index contributed by atoms with van der Waals surface area (Å²) in [6.07, 6.45) is 0. The highest BCUT2D eigenvalue weighted by molar-refractivity contribution is 14.1. The topological polar surface area (TPSA) is 18.5 Å². The highest BCUT2D eigenvalue weighted by atomic mass is 127. The highest BCUT2D eigenvalue weighted by Crippen LogP contribution is 2.32. The van der Waals surface area contributed by atoms with Crippen molar-refractivity contribution in [3.8, 4) is 11.5 Å². The third-order valence-electron chi connectivity index (χ3n) is 1.58. The van der Waals surface area contributed by atoms with Crippen LogP contribution in [0, 0.1) is 10.5 Å². The number of halogens is 1. The van der Waals surface area contributed by atoms with Crippen molar-refractivity contribution in [3.05, 3.63) is 21.3 Å². The molecule has 0 aromatic heterocycles. The van der Waals surface area contributed by atoms with Crippen LogP contribution in [0.4, 0.5) is 0 Å². The van der Waals surface area contributed by atoms with Gasteiger partial charge in [0.1, 0.15) is 0 Å². The molecule has 1 rings (SSSR count). The average Bonchev–Trinajstić information content (AvgIpc) is 2.03. The van der Waals surface area contributed by atoms with Crippen molar-refractivity contribution >= 4 is 22.6 Å². The van der Waals surface area contributed by atoms with Crippen LogP contribution in [0.25, 0.3) is 0 Å². The largest absolute Gasteiger partial charge is 0.493 e. The smallest absolute Gasteiger partial charge is 0.174 e. The molecule has 0 heterocycles. The van der Waals surface area contributed by atoms with Crippen molar-refractivity contribution in [3.63, 3.8) is 0 Å². The fourth-order valence-electron chi connectivity index (χ4n) is 1.05. The lowest BCUT2D eigenvalue weighted by molar-refractivity contribution is 0.352. The number of hydrogen-bond acceptors (Lipinski definition) is 2. The molecule has 0 aliphatic carbocycles. The summed E-state index contributed by atoms with van der Waals surface area (Å²) in [4.78, 5) is 0. The summed E-state index contributed by atoms with van der Waals surface area (Å²) in [6.45, 7) is 2.03. The van der Waals surface area contributed by atoms with Gasteiger partial charge in [0.05, 0.1) is 17.8 Å². The molecule has 0 aliphatic heterocycles. The molecule has 0 bridgehead atoms. The van der Waals surface area contributed by atoms with Gasteiger partial charge in [0.2, 0.25) is 0 Å². The van der Waals surface area contributed by atoms with E-state index in [-0.39, 0.29) is 0 Å². The first-order valence-corrected chi connectivity index (χ1v) is 4.65. The van der Waals surface area contributed by atoms with E-state index in [2.05, 4.69) is 28.7 Å². The molecule has 0 spiro atoms. The molecule has 0 N–H and O–H groups in total. The number of benzene rings is 1. The molecule has 0 aliphatic rings. The summed E-state index contributed by atoms with van der Waals surface area (Å²) in [7, 11) is 3.29. The molecular formula is C9H11IO2. The Hall–Kier alpha value is -0.450. The van der Waals surface area contributed by atoms with E-state index in [9.17, 15) is 0 Å². The monoisotopic (exact) mass is 278 g/mol. The molecule has 0 fully saturated rings. The van der Waals surface area contributed by atoms with Gasteiger partial charge in [0.25, 0.3) is 0 Å². The summed E-state index contributed by atoms with van der Waals surface area (Å²) < 4.78 is 11.4. The Morgan fingerprint density at radius 2 is 1.83 bits per heavy atom. The van der Waals surface area contributed by atoms with Gasteiger partial charge in [-0.05, 0) is 47.2 Å². The van der Waals surface area contributed by atoms with E-state index in [0.29, 0.717) is 0 Å². The standard InChI is InChI=1S/C9H11IO2/c1-6-4-7(10)9(12-3)8(5-6)11-2/h4-5H,1-3H3.